The number of aliphatic imine (C=N–C) groups is 1. The number of halogens is 3. The van der Waals surface area contributed by atoms with E-state index in [1.54, 1.807) is 54.4 Å². The molecule has 2 heterocycles. The van der Waals surface area contributed by atoms with Crippen LogP contribution < -0.4 is 15.0 Å². The molecule has 1 atom stereocenters. The van der Waals surface area contributed by atoms with Crippen LogP contribution in [0.1, 0.15) is 52.0 Å². The highest BCUT2D eigenvalue weighted by molar-refractivity contribution is 8.06. The third-order valence-corrected chi connectivity index (χ3v) is 9.77. The fraction of sp³-hybridized carbons (Fsp3) is 0.371. The highest BCUT2D eigenvalue weighted by atomic mass is 32.2. The van der Waals surface area contributed by atoms with Crippen LogP contribution >= 0.6 is 20.6 Å². The molecule has 2 aliphatic rings. The minimum atomic E-state index is -4.66. The molecule has 2 aromatic carbocycles. The standard InChI is InChI=1S/C35H42F3N4OPS/c1-6-11-27-22-42(21-20-41(27)5)32-29(16-17-30(31(32)35(36,37)38)43-28-12-9-8-10-13-28)40-34(44)26-15-14-24(3)33(45-23-26)25(7-2)18-19-39-4/h7-10,12-13,16-19,23,27,40,44H,4,6,11,14-15,20-22H2,1-3,5H3/b19-18-,25-7+/t27-/m1/s1. The summed E-state index contributed by atoms with van der Waals surface area (Å²) in [5.74, 6) is 0.133. The van der Waals surface area contributed by atoms with Gasteiger partial charge in [-0.3, -0.25) is 9.89 Å². The molecule has 0 spiro atoms. The van der Waals surface area contributed by atoms with Crippen LogP contribution in [-0.2, 0) is 6.18 Å². The van der Waals surface area contributed by atoms with E-state index in [4.69, 9.17) is 4.74 Å². The van der Waals surface area contributed by atoms with Gasteiger partial charge < -0.3 is 15.0 Å². The average molecular weight is 655 g/mol. The summed E-state index contributed by atoms with van der Waals surface area (Å²) in [7, 11) is 5.82. The van der Waals surface area contributed by atoms with Crippen LogP contribution in [0.2, 0.25) is 0 Å². The average Bonchev–Trinajstić information content (AvgIpc) is 3.21. The number of allylic oxidation sites excluding steroid dienone is 4. The quantitative estimate of drug-likeness (QED) is 0.148. The second-order valence-corrected chi connectivity index (χ2v) is 12.6. The number of hydrogen-bond acceptors (Lipinski definition) is 5. The molecule has 0 radical (unpaired) electrons. The minimum Gasteiger partial charge on any atom is -0.457 e. The van der Waals surface area contributed by atoms with E-state index in [2.05, 4.69) is 50.0 Å². The van der Waals surface area contributed by atoms with Crippen LogP contribution in [0.5, 0.6) is 11.5 Å². The van der Waals surface area contributed by atoms with Gasteiger partial charge in [-0.15, -0.1) is 0 Å². The molecule has 45 heavy (non-hydrogen) atoms. The Kier molecular flexibility index (Phi) is 12.2. The molecule has 240 valence electrons. The van der Waals surface area contributed by atoms with Gasteiger partial charge in [-0.2, -0.15) is 13.2 Å². The molecule has 1 fully saturated rings. The molecule has 4 rings (SSSR count). The van der Waals surface area contributed by atoms with Gasteiger partial charge in [0.1, 0.15) is 17.1 Å². The van der Waals surface area contributed by atoms with Crippen LogP contribution in [0.15, 0.2) is 92.8 Å². The minimum absolute atomic E-state index is 0.107. The molecule has 2 aliphatic heterocycles. The van der Waals surface area contributed by atoms with Gasteiger partial charge in [0.25, 0.3) is 0 Å². The number of nitrogens with one attached hydrogen (secondary N) is 1. The number of ether oxygens (including phenoxy) is 1. The zero-order chi connectivity index (χ0) is 32.6. The lowest BCUT2D eigenvalue weighted by molar-refractivity contribution is -0.138. The Bertz CT molecular complexity index is 1500. The molecule has 0 amide bonds. The number of thioether (sulfide) groups is 1. The number of para-hydroxylation sites is 1. The Balaban J connectivity index is 1.74. The van der Waals surface area contributed by atoms with Gasteiger partial charge in [0.15, 0.2) is 0 Å². The third kappa shape index (κ3) is 8.72. The first-order valence-electron chi connectivity index (χ1n) is 15.2. The van der Waals surface area contributed by atoms with Crippen molar-refractivity contribution in [3.63, 3.8) is 0 Å². The Morgan fingerprint density at radius 1 is 1.18 bits per heavy atom. The van der Waals surface area contributed by atoms with Crippen molar-refractivity contribution in [3.8, 4) is 11.5 Å². The molecule has 0 aromatic heterocycles. The van der Waals surface area contributed by atoms with Crippen LogP contribution in [-0.4, -0.2) is 49.8 Å². The van der Waals surface area contributed by atoms with E-state index < -0.39 is 11.7 Å². The predicted octanol–water partition coefficient (Wildman–Crippen LogP) is 9.95. The number of hydrogen-bond donors (Lipinski definition) is 1. The van der Waals surface area contributed by atoms with Crippen molar-refractivity contribution < 1.29 is 17.9 Å². The summed E-state index contributed by atoms with van der Waals surface area (Å²) in [6.45, 7) is 11.3. The number of rotatable bonds is 11. The lowest BCUT2D eigenvalue weighted by atomic mass is 10.0. The normalized spacial score (nSPS) is 18.6. The van der Waals surface area contributed by atoms with Gasteiger partial charge in [-0.05, 0) is 93.8 Å². The van der Waals surface area contributed by atoms with Gasteiger partial charge in [-0.1, -0.05) is 63.8 Å². The summed E-state index contributed by atoms with van der Waals surface area (Å²) < 4.78 is 51.2. The van der Waals surface area contributed by atoms with Crippen LogP contribution in [0.4, 0.5) is 24.5 Å². The molecular weight excluding hydrogens is 612 g/mol. The zero-order valence-corrected chi connectivity index (χ0v) is 28.2. The third-order valence-electron chi connectivity index (χ3n) is 8.10. The second-order valence-electron chi connectivity index (χ2n) is 11.2. The Labute approximate surface area is 271 Å². The van der Waals surface area contributed by atoms with Crippen molar-refractivity contribution in [1.82, 2.24) is 4.90 Å². The van der Waals surface area contributed by atoms with Gasteiger partial charge in [0, 0.05) is 36.8 Å². The summed E-state index contributed by atoms with van der Waals surface area (Å²) in [5.41, 5.74) is 3.59. The molecule has 1 saturated heterocycles. The van der Waals surface area contributed by atoms with Crippen molar-refractivity contribution in [1.29, 1.82) is 0 Å². The molecule has 0 aliphatic carbocycles. The number of nitrogens with zero attached hydrogens (tertiary/aromatic N) is 3. The number of piperazine rings is 1. The van der Waals surface area contributed by atoms with E-state index in [1.165, 1.54) is 11.6 Å². The van der Waals surface area contributed by atoms with Crippen LogP contribution in [0.25, 0.3) is 0 Å². The van der Waals surface area contributed by atoms with E-state index in [0.717, 1.165) is 41.7 Å². The Morgan fingerprint density at radius 2 is 1.93 bits per heavy atom. The summed E-state index contributed by atoms with van der Waals surface area (Å²) >= 11 is 1.60. The first-order chi connectivity index (χ1) is 21.6. The predicted molar refractivity (Wildman–Crippen MR) is 188 cm³/mol. The van der Waals surface area contributed by atoms with E-state index in [-0.39, 0.29) is 17.5 Å². The molecule has 5 nitrogen and oxygen atoms in total. The number of alkyl halides is 3. The van der Waals surface area contributed by atoms with Gasteiger partial charge in [0.2, 0.25) is 0 Å². The number of likely N-dealkylation sites (N-methyl/N-ethyl adjacent to an activating group) is 1. The van der Waals surface area contributed by atoms with E-state index in [0.29, 0.717) is 36.5 Å². The highest BCUT2D eigenvalue weighted by Gasteiger charge is 2.41. The molecule has 0 bridgehead atoms. The number of benzene rings is 2. The van der Waals surface area contributed by atoms with E-state index in [9.17, 15) is 0 Å². The monoisotopic (exact) mass is 654 g/mol. The van der Waals surface area contributed by atoms with Gasteiger partial charge >= 0.3 is 6.18 Å². The molecule has 10 heteroatoms. The Hall–Kier alpha value is -3.26. The molecular formula is C35H42F3N4OPS. The maximum Gasteiger partial charge on any atom is 0.422 e. The maximum absolute atomic E-state index is 15.1. The summed E-state index contributed by atoms with van der Waals surface area (Å²) in [4.78, 5) is 9.09. The topological polar surface area (TPSA) is 40.1 Å². The largest absolute Gasteiger partial charge is 0.457 e. The fourth-order valence-corrected chi connectivity index (χ4v) is 7.20. The highest BCUT2D eigenvalue weighted by Crippen LogP contribution is 2.48. The second kappa shape index (κ2) is 15.8. The maximum atomic E-state index is 15.1. The SMILES string of the molecule is C=N/C=C\C(=C/C)C1=C(C)CCC(C(=P)Nc2ccc(Oc3ccccc3)c(C(F)(F)F)c2N2CCN(C)[C@H](CCC)C2)=CS1. The molecule has 0 unspecified atom stereocenters. The first kappa shape index (κ1) is 34.6. The van der Waals surface area contributed by atoms with Crippen LogP contribution in [0.3, 0.4) is 0 Å². The van der Waals surface area contributed by atoms with Crippen molar-refractivity contribution in [2.75, 3.05) is 36.9 Å². The van der Waals surface area contributed by atoms with E-state index >= 15 is 13.2 Å². The van der Waals surface area contributed by atoms with Crippen molar-refractivity contribution in [2.24, 2.45) is 4.99 Å². The van der Waals surface area contributed by atoms with Crippen molar-refractivity contribution in [3.05, 3.63) is 93.4 Å². The van der Waals surface area contributed by atoms with Crippen molar-refractivity contribution in [2.45, 2.75) is 58.7 Å². The molecule has 0 saturated carbocycles. The summed E-state index contributed by atoms with van der Waals surface area (Å²) in [6, 6.07) is 11.9. The first-order valence-corrected chi connectivity index (χ1v) is 16.6. The molecule has 2 aromatic rings. The fourth-order valence-electron chi connectivity index (χ4n) is 5.65. The van der Waals surface area contributed by atoms with Gasteiger partial charge in [-0.25, -0.2) is 0 Å². The van der Waals surface area contributed by atoms with Crippen LogP contribution in [0, 0.1) is 0 Å². The lowest BCUT2D eigenvalue weighted by Crippen LogP contribution is -2.52. The van der Waals surface area contributed by atoms with E-state index in [1.807, 2.05) is 31.0 Å². The Morgan fingerprint density at radius 3 is 2.60 bits per heavy atom. The lowest BCUT2D eigenvalue weighted by Gasteiger charge is -2.42. The zero-order valence-electron chi connectivity index (χ0n) is 26.4. The smallest absolute Gasteiger partial charge is 0.422 e. The van der Waals surface area contributed by atoms with Crippen molar-refractivity contribution >= 4 is 44.1 Å². The number of anilines is 2. The molecule has 1 N–H and O–H groups in total. The summed E-state index contributed by atoms with van der Waals surface area (Å²) in [5, 5.41) is 5.40. The van der Waals surface area contributed by atoms with Gasteiger partial charge in [0.05, 0.1) is 16.8 Å². The summed E-state index contributed by atoms with van der Waals surface area (Å²) in [6.07, 6.45) is 4.36.